The van der Waals surface area contributed by atoms with Gasteiger partial charge in [0.25, 0.3) is 0 Å². The summed E-state index contributed by atoms with van der Waals surface area (Å²) in [6, 6.07) is 5.77. The van der Waals surface area contributed by atoms with E-state index in [-0.39, 0.29) is 0 Å². The summed E-state index contributed by atoms with van der Waals surface area (Å²) in [5.41, 5.74) is 1.72. The molecule has 0 amide bonds. The molecule has 0 unspecified atom stereocenters. The molecule has 18 heavy (non-hydrogen) atoms. The molecular formula is C12H14Cl2N4. The first kappa shape index (κ1) is 13.3. The Kier molecular flexibility index (Phi) is 4.22. The second-order valence-corrected chi connectivity index (χ2v) is 5.10. The molecule has 0 aliphatic rings. The van der Waals surface area contributed by atoms with Crippen LogP contribution in [0.2, 0.25) is 10.0 Å². The Morgan fingerprint density at radius 1 is 1.28 bits per heavy atom. The molecule has 0 fully saturated rings. The van der Waals surface area contributed by atoms with Gasteiger partial charge in [-0.3, -0.25) is 0 Å². The molecule has 0 spiro atoms. The Morgan fingerprint density at radius 2 is 2.06 bits per heavy atom. The molecule has 1 aromatic heterocycles. The summed E-state index contributed by atoms with van der Waals surface area (Å²) in [6.45, 7) is 4.87. The maximum Gasteiger partial charge on any atom is 0.0969 e. The van der Waals surface area contributed by atoms with Crippen molar-refractivity contribution in [2.75, 3.05) is 0 Å². The van der Waals surface area contributed by atoms with E-state index in [0.717, 1.165) is 11.4 Å². The number of halogens is 2. The van der Waals surface area contributed by atoms with E-state index in [1.54, 1.807) is 16.8 Å². The van der Waals surface area contributed by atoms with Gasteiger partial charge in [0.15, 0.2) is 0 Å². The fourth-order valence-electron chi connectivity index (χ4n) is 1.44. The van der Waals surface area contributed by atoms with Crippen molar-refractivity contribution in [2.24, 2.45) is 0 Å². The first-order valence-electron chi connectivity index (χ1n) is 5.66. The molecule has 1 heterocycles. The Bertz CT molecular complexity index is 537. The Morgan fingerprint density at radius 3 is 2.72 bits per heavy atom. The van der Waals surface area contributed by atoms with E-state index < -0.39 is 0 Å². The van der Waals surface area contributed by atoms with E-state index in [9.17, 15) is 0 Å². The van der Waals surface area contributed by atoms with Gasteiger partial charge < -0.3 is 5.32 Å². The van der Waals surface area contributed by atoms with Gasteiger partial charge in [0.05, 0.1) is 27.6 Å². The molecule has 0 bridgehead atoms. The maximum absolute atomic E-state index is 5.97. The van der Waals surface area contributed by atoms with Crippen molar-refractivity contribution in [2.45, 2.75) is 26.4 Å². The van der Waals surface area contributed by atoms with Gasteiger partial charge in [-0.05, 0) is 18.2 Å². The van der Waals surface area contributed by atoms with E-state index in [1.807, 2.05) is 12.3 Å². The van der Waals surface area contributed by atoms with Crippen molar-refractivity contribution in [1.29, 1.82) is 0 Å². The van der Waals surface area contributed by atoms with Gasteiger partial charge >= 0.3 is 0 Å². The summed E-state index contributed by atoms with van der Waals surface area (Å²) in [7, 11) is 0. The number of rotatable bonds is 4. The van der Waals surface area contributed by atoms with Crippen LogP contribution in [0.1, 0.15) is 19.5 Å². The lowest BCUT2D eigenvalue weighted by Gasteiger charge is -2.04. The topological polar surface area (TPSA) is 42.7 Å². The highest BCUT2D eigenvalue weighted by atomic mass is 35.5. The SMILES string of the molecule is CC(C)NCc1cn(-c2ccc(Cl)c(Cl)c2)nn1. The van der Waals surface area contributed by atoms with Gasteiger partial charge in [0.2, 0.25) is 0 Å². The molecule has 2 rings (SSSR count). The average molecular weight is 285 g/mol. The molecule has 0 saturated heterocycles. The van der Waals surface area contributed by atoms with E-state index in [2.05, 4.69) is 29.5 Å². The zero-order valence-electron chi connectivity index (χ0n) is 10.2. The molecule has 6 heteroatoms. The molecule has 0 saturated carbocycles. The van der Waals surface area contributed by atoms with Crippen LogP contribution in [0.4, 0.5) is 0 Å². The third kappa shape index (κ3) is 3.22. The monoisotopic (exact) mass is 284 g/mol. The van der Waals surface area contributed by atoms with Gasteiger partial charge in [-0.1, -0.05) is 42.3 Å². The molecule has 0 atom stereocenters. The lowest BCUT2D eigenvalue weighted by molar-refractivity contribution is 0.580. The summed E-state index contributed by atoms with van der Waals surface area (Å²) < 4.78 is 1.68. The molecular weight excluding hydrogens is 271 g/mol. The first-order chi connectivity index (χ1) is 8.56. The second-order valence-electron chi connectivity index (χ2n) is 4.29. The maximum atomic E-state index is 5.97. The zero-order chi connectivity index (χ0) is 13.1. The summed E-state index contributed by atoms with van der Waals surface area (Å²) in [5.74, 6) is 0. The van der Waals surface area contributed by atoms with Crippen LogP contribution < -0.4 is 5.32 Å². The van der Waals surface area contributed by atoms with E-state index >= 15 is 0 Å². The minimum absolute atomic E-state index is 0.417. The molecule has 96 valence electrons. The van der Waals surface area contributed by atoms with Crippen LogP contribution in [0.15, 0.2) is 24.4 Å². The predicted octanol–water partition coefficient (Wildman–Crippen LogP) is 3.07. The highest BCUT2D eigenvalue weighted by Crippen LogP contribution is 2.24. The summed E-state index contributed by atoms with van der Waals surface area (Å²) in [6.07, 6.45) is 1.87. The van der Waals surface area contributed by atoms with Crippen molar-refractivity contribution in [1.82, 2.24) is 20.3 Å². The van der Waals surface area contributed by atoms with Crippen LogP contribution in [0, 0.1) is 0 Å². The number of aromatic nitrogens is 3. The zero-order valence-corrected chi connectivity index (χ0v) is 11.7. The van der Waals surface area contributed by atoms with Gasteiger partial charge in [-0.25, -0.2) is 4.68 Å². The van der Waals surface area contributed by atoms with Crippen LogP contribution in [-0.4, -0.2) is 21.0 Å². The highest BCUT2D eigenvalue weighted by molar-refractivity contribution is 6.42. The molecule has 1 aromatic carbocycles. The quantitative estimate of drug-likeness (QED) is 0.938. The van der Waals surface area contributed by atoms with E-state index in [0.29, 0.717) is 22.6 Å². The third-order valence-corrected chi connectivity index (χ3v) is 3.14. The van der Waals surface area contributed by atoms with Crippen LogP contribution in [0.5, 0.6) is 0 Å². The van der Waals surface area contributed by atoms with Crippen LogP contribution in [0.25, 0.3) is 5.69 Å². The second kappa shape index (κ2) is 5.69. The van der Waals surface area contributed by atoms with E-state index in [1.165, 1.54) is 0 Å². The van der Waals surface area contributed by atoms with Crippen molar-refractivity contribution in [3.63, 3.8) is 0 Å². The molecule has 4 nitrogen and oxygen atoms in total. The third-order valence-electron chi connectivity index (χ3n) is 2.40. The van der Waals surface area contributed by atoms with Crippen molar-refractivity contribution in [3.8, 4) is 5.69 Å². The van der Waals surface area contributed by atoms with Gasteiger partial charge in [-0.15, -0.1) is 5.10 Å². The number of nitrogens with zero attached hydrogens (tertiary/aromatic N) is 3. The summed E-state index contributed by atoms with van der Waals surface area (Å²) >= 11 is 11.8. The minimum atomic E-state index is 0.417. The molecule has 0 aliphatic heterocycles. The summed E-state index contributed by atoms with van der Waals surface area (Å²) in [4.78, 5) is 0. The van der Waals surface area contributed by atoms with Gasteiger partial charge in [-0.2, -0.15) is 0 Å². The van der Waals surface area contributed by atoms with Crippen LogP contribution >= 0.6 is 23.2 Å². The predicted molar refractivity (Wildman–Crippen MR) is 73.4 cm³/mol. The Hall–Kier alpha value is -1.10. The van der Waals surface area contributed by atoms with Crippen molar-refractivity contribution in [3.05, 3.63) is 40.1 Å². The largest absolute Gasteiger partial charge is 0.309 e. The van der Waals surface area contributed by atoms with Crippen molar-refractivity contribution >= 4 is 23.2 Å². The number of benzene rings is 1. The Balaban J connectivity index is 2.16. The minimum Gasteiger partial charge on any atom is -0.309 e. The van der Waals surface area contributed by atoms with E-state index in [4.69, 9.17) is 23.2 Å². The van der Waals surface area contributed by atoms with Crippen molar-refractivity contribution < 1.29 is 0 Å². The number of hydrogen-bond acceptors (Lipinski definition) is 3. The van der Waals surface area contributed by atoms with Crippen LogP contribution in [-0.2, 0) is 6.54 Å². The van der Waals surface area contributed by atoms with Gasteiger partial charge in [0.1, 0.15) is 0 Å². The number of nitrogens with one attached hydrogen (secondary N) is 1. The fourth-order valence-corrected chi connectivity index (χ4v) is 1.73. The smallest absolute Gasteiger partial charge is 0.0969 e. The lowest BCUT2D eigenvalue weighted by Crippen LogP contribution is -2.21. The normalized spacial score (nSPS) is 11.2. The molecule has 0 radical (unpaired) electrons. The molecule has 1 N–H and O–H groups in total. The standard InChI is InChI=1S/C12H14Cl2N4/c1-8(2)15-6-9-7-18(17-16-9)10-3-4-11(13)12(14)5-10/h3-5,7-8,15H,6H2,1-2H3. The number of hydrogen-bond donors (Lipinski definition) is 1. The molecule has 0 aliphatic carbocycles. The molecule has 2 aromatic rings. The van der Waals surface area contributed by atoms with Gasteiger partial charge in [0, 0.05) is 12.6 Å². The van der Waals surface area contributed by atoms with Crippen LogP contribution in [0.3, 0.4) is 0 Å². The fraction of sp³-hybridized carbons (Fsp3) is 0.333. The lowest BCUT2D eigenvalue weighted by atomic mass is 10.3. The highest BCUT2D eigenvalue weighted by Gasteiger charge is 2.05. The first-order valence-corrected chi connectivity index (χ1v) is 6.42. The summed E-state index contributed by atoms with van der Waals surface area (Å²) in [5, 5.41) is 12.5. The average Bonchev–Trinajstić information content (AvgIpc) is 2.79. The Labute approximate surface area is 116 Å².